The molecule has 1 fully saturated rings. The maximum absolute atomic E-state index is 10.6. The lowest BCUT2D eigenvalue weighted by molar-refractivity contribution is 0.112. The molecule has 1 aliphatic heterocycles. The summed E-state index contributed by atoms with van der Waals surface area (Å²) >= 11 is 0. The molecule has 1 heterocycles. The van der Waals surface area contributed by atoms with Gasteiger partial charge in [0.2, 0.25) is 0 Å². The van der Waals surface area contributed by atoms with Crippen molar-refractivity contribution in [1.29, 1.82) is 0 Å². The predicted molar refractivity (Wildman–Crippen MR) is 97.0 cm³/mol. The third-order valence-electron chi connectivity index (χ3n) is 4.35. The second-order valence-electron chi connectivity index (χ2n) is 6.27. The van der Waals surface area contributed by atoms with E-state index < -0.39 is 0 Å². The summed E-state index contributed by atoms with van der Waals surface area (Å²) in [5.74, 6) is 6.31. The summed E-state index contributed by atoms with van der Waals surface area (Å²) in [7, 11) is 2.18. The minimum absolute atomic E-state index is 0.675. The Morgan fingerprint density at radius 1 is 0.875 bits per heavy atom. The zero-order chi connectivity index (χ0) is 16.8. The van der Waals surface area contributed by atoms with E-state index in [0.717, 1.165) is 50.1 Å². The van der Waals surface area contributed by atoms with Gasteiger partial charge in [-0.15, -0.1) is 0 Å². The summed E-state index contributed by atoms with van der Waals surface area (Å²) in [6, 6.07) is 15.8. The van der Waals surface area contributed by atoms with Crippen molar-refractivity contribution in [2.75, 3.05) is 33.2 Å². The molecular weight excluding hydrogens is 296 g/mol. The lowest BCUT2D eigenvalue weighted by atomic mass is 10.1. The maximum Gasteiger partial charge on any atom is 0.150 e. The van der Waals surface area contributed by atoms with Crippen LogP contribution in [-0.2, 0) is 6.54 Å². The largest absolute Gasteiger partial charge is 0.304 e. The Kier molecular flexibility index (Phi) is 5.43. The minimum atomic E-state index is 0.675. The van der Waals surface area contributed by atoms with Crippen LogP contribution in [0.2, 0.25) is 0 Å². The molecule has 3 nitrogen and oxygen atoms in total. The van der Waals surface area contributed by atoms with Crippen molar-refractivity contribution in [2.24, 2.45) is 0 Å². The van der Waals surface area contributed by atoms with E-state index in [1.807, 2.05) is 12.1 Å². The fourth-order valence-corrected chi connectivity index (χ4v) is 2.75. The molecule has 24 heavy (non-hydrogen) atoms. The van der Waals surface area contributed by atoms with Crippen molar-refractivity contribution < 1.29 is 4.79 Å². The fourth-order valence-electron chi connectivity index (χ4n) is 2.75. The van der Waals surface area contributed by atoms with Crippen molar-refractivity contribution in [3.8, 4) is 11.8 Å². The van der Waals surface area contributed by atoms with Gasteiger partial charge < -0.3 is 4.90 Å². The molecule has 0 atom stereocenters. The summed E-state index contributed by atoms with van der Waals surface area (Å²) < 4.78 is 0. The highest BCUT2D eigenvalue weighted by atomic mass is 16.1. The van der Waals surface area contributed by atoms with Crippen molar-refractivity contribution in [2.45, 2.75) is 6.54 Å². The van der Waals surface area contributed by atoms with Crippen LogP contribution in [0.1, 0.15) is 27.0 Å². The lowest BCUT2D eigenvalue weighted by Gasteiger charge is -2.32. The molecule has 1 aliphatic rings. The third-order valence-corrected chi connectivity index (χ3v) is 4.35. The Balaban J connectivity index is 1.60. The number of nitrogens with zero attached hydrogens (tertiary/aromatic N) is 2. The number of benzene rings is 2. The van der Waals surface area contributed by atoms with Gasteiger partial charge >= 0.3 is 0 Å². The van der Waals surface area contributed by atoms with Crippen LogP contribution in [0.5, 0.6) is 0 Å². The van der Waals surface area contributed by atoms with Crippen LogP contribution < -0.4 is 0 Å². The topological polar surface area (TPSA) is 23.6 Å². The molecule has 0 amide bonds. The molecule has 0 aromatic heterocycles. The van der Waals surface area contributed by atoms with Crippen LogP contribution in [-0.4, -0.2) is 49.3 Å². The first kappa shape index (κ1) is 16.4. The molecule has 0 unspecified atom stereocenters. The van der Waals surface area contributed by atoms with Gasteiger partial charge in [-0.2, -0.15) is 0 Å². The minimum Gasteiger partial charge on any atom is -0.304 e. The highest BCUT2D eigenvalue weighted by Gasteiger charge is 2.13. The van der Waals surface area contributed by atoms with Gasteiger partial charge in [0.05, 0.1) is 0 Å². The molecule has 0 bridgehead atoms. The molecule has 0 radical (unpaired) electrons. The van der Waals surface area contributed by atoms with E-state index in [1.54, 1.807) is 12.1 Å². The number of carbonyl (C=O) groups excluding carboxylic acids is 1. The predicted octanol–water partition coefficient (Wildman–Crippen LogP) is 2.65. The summed E-state index contributed by atoms with van der Waals surface area (Å²) in [5.41, 5.74) is 3.94. The molecule has 3 rings (SSSR count). The van der Waals surface area contributed by atoms with Crippen molar-refractivity contribution in [3.05, 3.63) is 70.8 Å². The monoisotopic (exact) mass is 318 g/mol. The lowest BCUT2D eigenvalue weighted by Crippen LogP contribution is -2.43. The summed E-state index contributed by atoms with van der Waals surface area (Å²) in [5, 5.41) is 0. The first-order chi connectivity index (χ1) is 11.7. The number of piperazine rings is 1. The number of carbonyl (C=O) groups is 1. The standard InChI is InChI=1S/C21H22N2O/c1-22-12-14-23(15-13-22)16-20-8-4-18(5-9-20)2-3-19-6-10-21(17-24)11-7-19/h4-11,17H,12-16H2,1H3. The van der Waals surface area contributed by atoms with Crippen LogP contribution in [0.25, 0.3) is 0 Å². The second-order valence-corrected chi connectivity index (χ2v) is 6.27. The van der Waals surface area contributed by atoms with Crippen molar-refractivity contribution >= 4 is 6.29 Å². The molecule has 3 heteroatoms. The average Bonchev–Trinajstić information content (AvgIpc) is 2.63. The fraction of sp³-hybridized carbons (Fsp3) is 0.286. The third kappa shape index (κ3) is 4.55. The Bertz CT molecular complexity index is 730. The molecule has 0 N–H and O–H groups in total. The van der Waals surface area contributed by atoms with Gasteiger partial charge in [-0.1, -0.05) is 36.1 Å². The van der Waals surface area contributed by atoms with Crippen LogP contribution in [0, 0.1) is 11.8 Å². The van der Waals surface area contributed by atoms with Crippen LogP contribution >= 0.6 is 0 Å². The van der Waals surface area contributed by atoms with E-state index in [9.17, 15) is 4.79 Å². The SMILES string of the molecule is CN1CCN(Cc2ccc(C#Cc3ccc(C=O)cc3)cc2)CC1. The van der Waals surface area contributed by atoms with E-state index >= 15 is 0 Å². The van der Waals surface area contributed by atoms with Crippen LogP contribution in [0.4, 0.5) is 0 Å². The normalized spacial score (nSPS) is 15.5. The van der Waals surface area contributed by atoms with Gasteiger partial charge in [0.15, 0.2) is 0 Å². The van der Waals surface area contributed by atoms with E-state index in [1.165, 1.54) is 5.56 Å². The van der Waals surface area contributed by atoms with Crippen LogP contribution in [0.15, 0.2) is 48.5 Å². The molecule has 2 aromatic rings. The summed E-state index contributed by atoms with van der Waals surface area (Å²) in [4.78, 5) is 15.5. The quantitative estimate of drug-likeness (QED) is 0.642. The van der Waals surface area contributed by atoms with E-state index in [-0.39, 0.29) is 0 Å². The highest BCUT2D eigenvalue weighted by molar-refractivity contribution is 5.74. The highest BCUT2D eigenvalue weighted by Crippen LogP contribution is 2.09. The molecular formula is C21H22N2O. The van der Waals surface area contributed by atoms with Gasteiger partial charge in [0.1, 0.15) is 6.29 Å². The molecule has 0 saturated carbocycles. The van der Waals surface area contributed by atoms with Crippen molar-refractivity contribution in [3.63, 3.8) is 0 Å². The van der Waals surface area contributed by atoms with Gasteiger partial charge in [-0.3, -0.25) is 9.69 Å². The smallest absolute Gasteiger partial charge is 0.150 e. The first-order valence-electron chi connectivity index (χ1n) is 8.30. The zero-order valence-corrected chi connectivity index (χ0v) is 14.0. The zero-order valence-electron chi connectivity index (χ0n) is 14.0. The Hall–Kier alpha value is -2.41. The van der Waals surface area contributed by atoms with Gasteiger partial charge in [-0.25, -0.2) is 0 Å². The average molecular weight is 318 g/mol. The molecule has 0 spiro atoms. The Morgan fingerprint density at radius 2 is 1.42 bits per heavy atom. The van der Waals surface area contributed by atoms with Gasteiger partial charge in [0.25, 0.3) is 0 Å². The number of rotatable bonds is 3. The number of hydrogen-bond donors (Lipinski definition) is 0. The van der Waals surface area contributed by atoms with E-state index in [0.29, 0.717) is 5.56 Å². The van der Waals surface area contributed by atoms with E-state index in [2.05, 4.69) is 53.0 Å². The second kappa shape index (κ2) is 7.92. The molecule has 0 aliphatic carbocycles. The van der Waals surface area contributed by atoms with Crippen molar-refractivity contribution in [1.82, 2.24) is 9.80 Å². The Labute approximate surface area is 143 Å². The molecule has 122 valence electrons. The number of hydrogen-bond acceptors (Lipinski definition) is 3. The number of likely N-dealkylation sites (N-methyl/N-ethyl adjacent to an activating group) is 1. The number of aldehydes is 1. The van der Waals surface area contributed by atoms with Gasteiger partial charge in [-0.05, 0) is 36.9 Å². The first-order valence-corrected chi connectivity index (χ1v) is 8.30. The van der Waals surface area contributed by atoms with Crippen LogP contribution in [0.3, 0.4) is 0 Å². The van der Waals surface area contributed by atoms with E-state index in [4.69, 9.17) is 0 Å². The molecule has 2 aromatic carbocycles. The summed E-state index contributed by atoms with van der Waals surface area (Å²) in [6.07, 6.45) is 0.844. The summed E-state index contributed by atoms with van der Waals surface area (Å²) in [6.45, 7) is 5.57. The van der Waals surface area contributed by atoms with Gasteiger partial charge in [0, 0.05) is 49.4 Å². The Morgan fingerprint density at radius 3 is 1.96 bits per heavy atom. The molecule has 1 saturated heterocycles. The maximum atomic E-state index is 10.6.